The van der Waals surface area contributed by atoms with Gasteiger partial charge in [0.25, 0.3) is 0 Å². The van der Waals surface area contributed by atoms with Crippen molar-refractivity contribution < 1.29 is 21.6 Å². The van der Waals surface area contributed by atoms with E-state index in [-0.39, 0.29) is 19.5 Å². The van der Waals surface area contributed by atoms with Crippen molar-refractivity contribution in [3.8, 4) is 6.07 Å². The molecule has 1 saturated heterocycles. The van der Waals surface area contributed by atoms with Crippen molar-refractivity contribution in [1.29, 1.82) is 5.26 Å². The third-order valence-corrected chi connectivity index (χ3v) is 4.90. The predicted molar refractivity (Wildman–Crippen MR) is 65.2 cm³/mol. The number of halogens is 3. The summed E-state index contributed by atoms with van der Waals surface area (Å²) in [5.74, 6) is 4.61. The van der Waals surface area contributed by atoms with E-state index < -0.39 is 33.9 Å². The summed E-state index contributed by atoms with van der Waals surface area (Å²) < 4.78 is 60.5. The highest BCUT2D eigenvalue weighted by atomic mass is 32.2. The fourth-order valence-electron chi connectivity index (χ4n) is 1.89. The number of nitrogens with two attached hydrogens (primary N) is 1. The van der Waals surface area contributed by atoms with Gasteiger partial charge in [0.1, 0.15) is 0 Å². The zero-order valence-electron chi connectivity index (χ0n) is 10.6. The average Bonchev–Trinajstić information content (AvgIpc) is 2.29. The molecule has 0 aromatic carbocycles. The van der Waals surface area contributed by atoms with E-state index in [1.807, 2.05) is 6.07 Å². The first-order valence-corrected chi connectivity index (χ1v) is 7.25. The number of hydrazine groups is 1. The van der Waals surface area contributed by atoms with Crippen molar-refractivity contribution in [3.63, 3.8) is 0 Å². The molecule has 0 radical (unpaired) electrons. The molecule has 1 heterocycles. The molecule has 0 saturated carbocycles. The summed E-state index contributed by atoms with van der Waals surface area (Å²) in [4.78, 5) is 0. The molecule has 0 aromatic heterocycles. The molecular formula is C10H15F3N4O2S. The first kappa shape index (κ1) is 16.7. The van der Waals surface area contributed by atoms with Gasteiger partial charge in [0.05, 0.1) is 30.2 Å². The van der Waals surface area contributed by atoms with Gasteiger partial charge in [0.2, 0.25) is 10.0 Å². The minimum absolute atomic E-state index is 0.0409. The molecule has 114 valence electrons. The van der Waals surface area contributed by atoms with Crippen LogP contribution in [0.2, 0.25) is 0 Å². The molecule has 1 aliphatic rings. The second-order valence-corrected chi connectivity index (χ2v) is 6.69. The Labute approximate surface area is 115 Å². The monoisotopic (exact) mass is 312 g/mol. The van der Waals surface area contributed by atoms with Gasteiger partial charge in [-0.3, -0.25) is 0 Å². The summed E-state index contributed by atoms with van der Waals surface area (Å²) in [7, 11) is -4.00. The Morgan fingerprint density at radius 3 is 2.45 bits per heavy atom. The highest BCUT2D eigenvalue weighted by molar-refractivity contribution is 7.89. The lowest BCUT2D eigenvalue weighted by Gasteiger charge is -2.51. The molecule has 0 spiro atoms. The second kappa shape index (κ2) is 5.59. The Bertz CT molecular complexity index is 506. The SMILES string of the molecule is C=CN(N)C1(CC#N)CN(S(=O)(=O)CCC(F)(F)F)C1. The predicted octanol–water partition coefficient (Wildman–Crippen LogP) is 0.556. The highest BCUT2D eigenvalue weighted by Crippen LogP contribution is 2.32. The quantitative estimate of drug-likeness (QED) is 0.571. The average molecular weight is 312 g/mol. The molecule has 0 amide bonds. The molecule has 0 atom stereocenters. The second-order valence-electron chi connectivity index (χ2n) is 4.60. The van der Waals surface area contributed by atoms with E-state index in [0.29, 0.717) is 0 Å². The number of nitriles is 1. The lowest BCUT2D eigenvalue weighted by atomic mass is 9.88. The fraction of sp³-hybridized carbons (Fsp3) is 0.700. The maximum Gasteiger partial charge on any atom is 0.390 e. The van der Waals surface area contributed by atoms with Gasteiger partial charge in [-0.05, 0) is 0 Å². The van der Waals surface area contributed by atoms with E-state index in [9.17, 15) is 21.6 Å². The van der Waals surface area contributed by atoms with Crippen LogP contribution in [0, 0.1) is 11.3 Å². The standard InChI is InChI=1S/C10H15F3N4O2S/c1-2-17(15)9(3-5-14)7-16(8-9)20(18,19)6-4-10(11,12)13/h2H,1,3-4,6-8,15H2. The minimum atomic E-state index is -4.53. The molecule has 0 unspecified atom stereocenters. The molecule has 1 rings (SSSR count). The van der Waals surface area contributed by atoms with Gasteiger partial charge in [-0.1, -0.05) is 6.58 Å². The molecule has 1 aliphatic heterocycles. The Hall–Kier alpha value is -1.31. The first-order chi connectivity index (χ1) is 9.06. The number of alkyl halides is 3. The van der Waals surface area contributed by atoms with Crippen molar-refractivity contribution in [2.75, 3.05) is 18.8 Å². The van der Waals surface area contributed by atoms with Gasteiger partial charge >= 0.3 is 6.18 Å². The number of nitrogens with zero attached hydrogens (tertiary/aromatic N) is 3. The summed E-state index contributed by atoms with van der Waals surface area (Å²) in [6.07, 6.45) is -4.72. The zero-order valence-corrected chi connectivity index (χ0v) is 11.4. The maximum atomic E-state index is 12.1. The van der Waals surface area contributed by atoms with Crippen LogP contribution in [0.15, 0.2) is 12.8 Å². The Morgan fingerprint density at radius 1 is 1.50 bits per heavy atom. The van der Waals surface area contributed by atoms with Gasteiger partial charge < -0.3 is 5.01 Å². The first-order valence-electron chi connectivity index (χ1n) is 5.64. The third-order valence-electron chi connectivity index (χ3n) is 3.13. The zero-order chi connectivity index (χ0) is 15.6. The third kappa shape index (κ3) is 3.62. The highest BCUT2D eigenvalue weighted by Gasteiger charge is 2.51. The summed E-state index contributed by atoms with van der Waals surface area (Å²) in [6, 6.07) is 1.88. The van der Waals surface area contributed by atoms with Gasteiger partial charge in [-0.2, -0.15) is 22.7 Å². The van der Waals surface area contributed by atoms with Crippen LogP contribution in [0.4, 0.5) is 13.2 Å². The van der Waals surface area contributed by atoms with E-state index >= 15 is 0 Å². The van der Waals surface area contributed by atoms with Crippen molar-refractivity contribution >= 4 is 10.0 Å². The summed E-state index contributed by atoms with van der Waals surface area (Å²) in [6.45, 7) is 3.18. The van der Waals surface area contributed by atoms with Crippen LogP contribution < -0.4 is 5.84 Å². The van der Waals surface area contributed by atoms with Crippen LogP contribution in [-0.4, -0.2) is 48.3 Å². The van der Waals surface area contributed by atoms with Gasteiger partial charge in [-0.15, -0.1) is 0 Å². The van der Waals surface area contributed by atoms with Crippen LogP contribution in [0.1, 0.15) is 12.8 Å². The van der Waals surface area contributed by atoms with E-state index in [1.165, 1.54) is 6.20 Å². The topological polar surface area (TPSA) is 90.4 Å². The van der Waals surface area contributed by atoms with Crippen molar-refractivity contribution in [1.82, 2.24) is 9.31 Å². The maximum absolute atomic E-state index is 12.1. The number of rotatable bonds is 6. The van der Waals surface area contributed by atoms with Crippen LogP contribution in [0.25, 0.3) is 0 Å². The minimum Gasteiger partial charge on any atom is -0.309 e. The molecule has 10 heteroatoms. The lowest BCUT2D eigenvalue weighted by Crippen LogP contribution is -2.71. The van der Waals surface area contributed by atoms with E-state index in [4.69, 9.17) is 11.1 Å². The molecule has 0 aromatic rings. The summed E-state index contributed by atoms with van der Waals surface area (Å²) >= 11 is 0. The Morgan fingerprint density at radius 2 is 2.05 bits per heavy atom. The normalized spacial score (nSPS) is 18.9. The van der Waals surface area contributed by atoms with Crippen molar-refractivity contribution in [2.45, 2.75) is 24.6 Å². The van der Waals surface area contributed by atoms with Gasteiger partial charge in [-0.25, -0.2) is 14.3 Å². The van der Waals surface area contributed by atoms with Crippen LogP contribution in [0.5, 0.6) is 0 Å². The molecule has 20 heavy (non-hydrogen) atoms. The van der Waals surface area contributed by atoms with Gasteiger partial charge in [0, 0.05) is 19.3 Å². The molecule has 6 nitrogen and oxygen atoms in total. The van der Waals surface area contributed by atoms with E-state index in [1.54, 1.807) is 0 Å². The van der Waals surface area contributed by atoms with Gasteiger partial charge in [0.15, 0.2) is 0 Å². The Kier molecular flexibility index (Phi) is 4.68. The molecule has 0 aliphatic carbocycles. The lowest BCUT2D eigenvalue weighted by molar-refractivity contribution is -0.130. The number of hydrogen-bond donors (Lipinski definition) is 1. The van der Waals surface area contributed by atoms with E-state index in [2.05, 4.69) is 6.58 Å². The number of hydrogen-bond acceptors (Lipinski definition) is 5. The van der Waals surface area contributed by atoms with E-state index in [0.717, 1.165) is 9.31 Å². The number of sulfonamides is 1. The largest absolute Gasteiger partial charge is 0.390 e. The summed E-state index contributed by atoms with van der Waals surface area (Å²) in [5, 5.41) is 9.86. The van der Waals surface area contributed by atoms with Crippen molar-refractivity contribution in [3.05, 3.63) is 12.8 Å². The van der Waals surface area contributed by atoms with Crippen LogP contribution in [0.3, 0.4) is 0 Å². The van der Waals surface area contributed by atoms with Crippen molar-refractivity contribution in [2.24, 2.45) is 5.84 Å². The van der Waals surface area contributed by atoms with Crippen LogP contribution in [-0.2, 0) is 10.0 Å². The van der Waals surface area contributed by atoms with Crippen LogP contribution >= 0.6 is 0 Å². The fourth-order valence-corrected chi connectivity index (χ4v) is 3.51. The smallest absolute Gasteiger partial charge is 0.309 e. The Balaban J connectivity index is 2.70. The molecule has 2 N–H and O–H groups in total. The molecule has 1 fully saturated rings. The molecular weight excluding hydrogens is 297 g/mol. The molecule has 0 bridgehead atoms. The summed E-state index contributed by atoms with van der Waals surface area (Å²) in [5.41, 5.74) is -0.915.